The van der Waals surface area contributed by atoms with Gasteiger partial charge in [0, 0.05) is 44.6 Å². The third kappa shape index (κ3) is 2.25. The number of rotatable bonds is 2. The molecule has 0 bridgehead atoms. The Labute approximate surface area is 126 Å². The second-order valence-electron chi connectivity index (χ2n) is 6.93. The van der Waals surface area contributed by atoms with Crippen LogP contribution in [0.15, 0.2) is 23.8 Å². The number of carbonyl (C=O) groups excluding carboxylic acids is 1. The van der Waals surface area contributed by atoms with E-state index in [2.05, 4.69) is 23.1 Å². The first-order valence-corrected chi connectivity index (χ1v) is 8.15. The summed E-state index contributed by atoms with van der Waals surface area (Å²) in [5, 5.41) is 0. The number of hydrogen-bond acceptors (Lipinski definition) is 3. The Morgan fingerprint density at radius 1 is 1.38 bits per heavy atom. The average Bonchev–Trinajstić information content (AvgIpc) is 3.10. The fourth-order valence-electron chi connectivity index (χ4n) is 4.33. The van der Waals surface area contributed by atoms with Gasteiger partial charge in [0.15, 0.2) is 0 Å². The second-order valence-corrected chi connectivity index (χ2v) is 6.93. The molecule has 0 aromatic heterocycles. The Balaban J connectivity index is 1.42. The summed E-state index contributed by atoms with van der Waals surface area (Å²) in [4.78, 5) is 16.1. The molecule has 0 aromatic carbocycles. The van der Waals surface area contributed by atoms with E-state index in [4.69, 9.17) is 4.74 Å². The van der Waals surface area contributed by atoms with E-state index in [1.54, 1.807) is 6.92 Å². The molecule has 0 N–H and O–H groups in total. The minimum atomic E-state index is 0.230. The van der Waals surface area contributed by atoms with Crippen molar-refractivity contribution in [1.82, 2.24) is 9.80 Å². The summed E-state index contributed by atoms with van der Waals surface area (Å²) in [5.41, 5.74) is 1.79. The third-order valence-electron chi connectivity index (χ3n) is 5.76. The molecule has 0 aromatic rings. The van der Waals surface area contributed by atoms with Crippen LogP contribution in [0.5, 0.6) is 0 Å². The average molecular weight is 288 g/mol. The highest BCUT2D eigenvalue weighted by atomic mass is 16.5. The molecule has 2 aliphatic carbocycles. The number of hydrogen-bond donors (Lipinski definition) is 0. The largest absolute Gasteiger partial charge is 0.379 e. The molecule has 0 radical (unpaired) electrons. The van der Waals surface area contributed by atoms with Crippen LogP contribution < -0.4 is 0 Å². The van der Waals surface area contributed by atoms with Gasteiger partial charge in [-0.15, -0.1) is 0 Å². The zero-order chi connectivity index (χ0) is 14.4. The van der Waals surface area contributed by atoms with Gasteiger partial charge in [0.05, 0.1) is 13.2 Å². The molecule has 0 spiro atoms. The van der Waals surface area contributed by atoms with Gasteiger partial charge in [-0.2, -0.15) is 0 Å². The highest BCUT2D eigenvalue weighted by molar-refractivity contribution is 5.74. The van der Waals surface area contributed by atoms with Crippen LogP contribution >= 0.6 is 0 Å². The number of piperidine rings is 1. The minimum absolute atomic E-state index is 0.230. The molecule has 1 amide bonds. The molecule has 4 heteroatoms. The molecule has 4 nitrogen and oxygen atoms in total. The van der Waals surface area contributed by atoms with E-state index in [-0.39, 0.29) is 5.91 Å². The van der Waals surface area contributed by atoms with E-state index in [1.165, 1.54) is 12.0 Å². The van der Waals surface area contributed by atoms with Crippen LogP contribution in [0.1, 0.15) is 19.8 Å². The summed E-state index contributed by atoms with van der Waals surface area (Å²) in [6.07, 6.45) is 9.54. The third-order valence-corrected chi connectivity index (χ3v) is 5.76. The van der Waals surface area contributed by atoms with E-state index in [9.17, 15) is 4.79 Å². The summed E-state index contributed by atoms with van der Waals surface area (Å²) >= 11 is 0. The van der Waals surface area contributed by atoms with Crippen molar-refractivity contribution >= 4 is 5.91 Å². The second kappa shape index (κ2) is 4.96. The van der Waals surface area contributed by atoms with E-state index in [0.717, 1.165) is 45.8 Å². The first-order chi connectivity index (χ1) is 10.2. The molecule has 4 rings (SSSR count). The number of allylic oxidation sites excluding steroid dienone is 1. The number of carbonyl (C=O) groups is 1. The van der Waals surface area contributed by atoms with Gasteiger partial charge in [0.25, 0.3) is 0 Å². The quantitative estimate of drug-likeness (QED) is 0.771. The fourth-order valence-corrected chi connectivity index (χ4v) is 4.33. The van der Waals surface area contributed by atoms with E-state index < -0.39 is 0 Å². The summed E-state index contributed by atoms with van der Waals surface area (Å²) in [5.74, 6) is 0.936. The monoisotopic (exact) mass is 288 g/mol. The lowest BCUT2D eigenvalue weighted by molar-refractivity contribution is -0.128. The standard InChI is InChI=1S/C17H24N2O2/c1-13(20)19-11-15-10-17(15,12-19)14-2-4-16(5-3-14)18-6-8-21-9-7-18/h2-4,15-16H,5-12H2,1H3. The zero-order valence-electron chi connectivity index (χ0n) is 12.8. The number of amides is 1. The lowest BCUT2D eigenvalue weighted by atomic mass is 9.88. The SMILES string of the molecule is CC(=O)N1CC2CC2(C2=CCC(N3CCOCC3)C=C2)C1. The van der Waals surface area contributed by atoms with Gasteiger partial charge < -0.3 is 9.64 Å². The molecule has 4 aliphatic rings. The molecule has 1 saturated carbocycles. The lowest BCUT2D eigenvalue weighted by Gasteiger charge is -2.34. The van der Waals surface area contributed by atoms with Crippen LogP contribution in [0.3, 0.4) is 0 Å². The van der Waals surface area contributed by atoms with Crippen molar-refractivity contribution in [3.8, 4) is 0 Å². The first-order valence-electron chi connectivity index (χ1n) is 8.15. The van der Waals surface area contributed by atoms with Gasteiger partial charge >= 0.3 is 0 Å². The Morgan fingerprint density at radius 3 is 2.81 bits per heavy atom. The Hall–Kier alpha value is -1.13. The van der Waals surface area contributed by atoms with Crippen LogP contribution in [-0.2, 0) is 9.53 Å². The predicted molar refractivity (Wildman–Crippen MR) is 80.8 cm³/mol. The molecule has 3 atom stereocenters. The minimum Gasteiger partial charge on any atom is -0.379 e. The molecule has 3 unspecified atom stereocenters. The number of ether oxygens (including phenoxy) is 1. The molecule has 21 heavy (non-hydrogen) atoms. The zero-order valence-corrected chi connectivity index (χ0v) is 12.8. The molecule has 2 aliphatic heterocycles. The number of likely N-dealkylation sites (tertiary alicyclic amines) is 1. The van der Waals surface area contributed by atoms with Crippen LogP contribution in [0.4, 0.5) is 0 Å². The van der Waals surface area contributed by atoms with Gasteiger partial charge in [-0.25, -0.2) is 0 Å². The number of morpholine rings is 1. The van der Waals surface area contributed by atoms with Crippen LogP contribution in [-0.4, -0.2) is 61.1 Å². The molecule has 114 valence electrons. The van der Waals surface area contributed by atoms with Crippen molar-refractivity contribution in [2.75, 3.05) is 39.4 Å². The number of fused-ring (bicyclic) bond motifs is 1. The normalized spacial score (nSPS) is 39.1. The number of nitrogens with zero attached hydrogens (tertiary/aromatic N) is 2. The van der Waals surface area contributed by atoms with Crippen molar-refractivity contribution < 1.29 is 9.53 Å². The summed E-state index contributed by atoms with van der Waals surface area (Å²) in [6.45, 7) is 7.41. The van der Waals surface area contributed by atoms with Gasteiger partial charge in [-0.3, -0.25) is 9.69 Å². The van der Waals surface area contributed by atoms with Crippen LogP contribution in [0.2, 0.25) is 0 Å². The predicted octanol–water partition coefficient (Wildman–Crippen LogP) is 1.44. The topological polar surface area (TPSA) is 32.8 Å². The Kier molecular flexibility index (Phi) is 3.19. The molecular formula is C17H24N2O2. The van der Waals surface area contributed by atoms with Crippen molar-refractivity contribution in [3.63, 3.8) is 0 Å². The van der Waals surface area contributed by atoms with E-state index in [0.29, 0.717) is 17.4 Å². The lowest BCUT2D eigenvalue weighted by Crippen LogP contribution is -2.43. The maximum atomic E-state index is 11.6. The van der Waals surface area contributed by atoms with Crippen molar-refractivity contribution in [3.05, 3.63) is 23.8 Å². The maximum absolute atomic E-state index is 11.6. The van der Waals surface area contributed by atoms with E-state index in [1.807, 2.05) is 4.90 Å². The molecular weight excluding hydrogens is 264 g/mol. The van der Waals surface area contributed by atoms with Gasteiger partial charge in [0.1, 0.15) is 0 Å². The highest BCUT2D eigenvalue weighted by Crippen LogP contribution is 2.63. The van der Waals surface area contributed by atoms with Crippen molar-refractivity contribution in [2.24, 2.45) is 11.3 Å². The van der Waals surface area contributed by atoms with Crippen LogP contribution in [0.25, 0.3) is 0 Å². The Bertz CT molecular complexity index is 507. The van der Waals surface area contributed by atoms with Gasteiger partial charge in [-0.05, 0) is 24.3 Å². The van der Waals surface area contributed by atoms with Crippen molar-refractivity contribution in [2.45, 2.75) is 25.8 Å². The smallest absolute Gasteiger partial charge is 0.219 e. The molecule has 2 saturated heterocycles. The maximum Gasteiger partial charge on any atom is 0.219 e. The summed E-state index contributed by atoms with van der Waals surface area (Å²) in [6, 6.07) is 0.538. The highest BCUT2D eigenvalue weighted by Gasteiger charge is 2.61. The summed E-state index contributed by atoms with van der Waals surface area (Å²) < 4.78 is 5.43. The first kappa shape index (κ1) is 13.5. The van der Waals surface area contributed by atoms with Gasteiger partial charge in [-0.1, -0.05) is 18.2 Å². The molecule has 3 fully saturated rings. The van der Waals surface area contributed by atoms with Crippen LogP contribution in [0, 0.1) is 11.3 Å². The van der Waals surface area contributed by atoms with Crippen molar-refractivity contribution in [1.29, 1.82) is 0 Å². The van der Waals surface area contributed by atoms with E-state index >= 15 is 0 Å². The van der Waals surface area contributed by atoms with Gasteiger partial charge in [0.2, 0.25) is 5.91 Å². The summed E-state index contributed by atoms with van der Waals surface area (Å²) in [7, 11) is 0. The fraction of sp³-hybridized carbons (Fsp3) is 0.706. The molecule has 2 heterocycles. The Morgan fingerprint density at radius 2 is 2.19 bits per heavy atom.